The molecule has 28 heavy (non-hydrogen) atoms. The lowest BCUT2D eigenvalue weighted by Gasteiger charge is -2.27. The van der Waals surface area contributed by atoms with E-state index in [9.17, 15) is 10.1 Å². The molecule has 0 aromatic carbocycles. The first-order chi connectivity index (χ1) is 13.7. The largest absolute Gasteiger partial charge is 0.459 e. The number of hydrogen-bond donors (Lipinski definition) is 1. The standard InChI is InChI=1S/C18H25N5O4S/c1-3-25-10-11-27-18(24)15(12-19)17(28-2)20-13-14-4-5-16(22-21-14)23-6-8-26-9-7-23/h4-5,20H,3,6-11,13H2,1-2H3/b17-15+. The van der Waals surface area contributed by atoms with Crippen LogP contribution in [0.4, 0.5) is 5.82 Å². The van der Waals surface area contributed by atoms with Gasteiger partial charge in [-0.15, -0.1) is 16.9 Å². The molecule has 0 radical (unpaired) electrons. The van der Waals surface area contributed by atoms with Gasteiger partial charge in [0.1, 0.15) is 12.7 Å². The van der Waals surface area contributed by atoms with Crippen LogP contribution in [0.5, 0.6) is 0 Å². The van der Waals surface area contributed by atoms with Crippen LogP contribution in [0, 0.1) is 11.3 Å². The van der Waals surface area contributed by atoms with Crippen molar-refractivity contribution in [2.45, 2.75) is 13.5 Å². The van der Waals surface area contributed by atoms with Crippen LogP contribution < -0.4 is 10.2 Å². The monoisotopic (exact) mass is 407 g/mol. The molecular weight excluding hydrogens is 382 g/mol. The number of hydrogen-bond acceptors (Lipinski definition) is 10. The molecule has 1 fully saturated rings. The van der Waals surface area contributed by atoms with E-state index < -0.39 is 5.97 Å². The molecule has 0 amide bonds. The van der Waals surface area contributed by atoms with Crippen molar-refractivity contribution in [3.8, 4) is 6.07 Å². The Morgan fingerprint density at radius 1 is 1.36 bits per heavy atom. The molecule has 1 aliphatic heterocycles. The van der Waals surface area contributed by atoms with Crippen molar-refractivity contribution >= 4 is 23.5 Å². The highest BCUT2D eigenvalue weighted by Crippen LogP contribution is 2.16. The summed E-state index contributed by atoms with van der Waals surface area (Å²) in [5.41, 5.74) is 0.632. The van der Waals surface area contributed by atoms with Crippen LogP contribution in [0.3, 0.4) is 0 Å². The van der Waals surface area contributed by atoms with Gasteiger partial charge in [0.15, 0.2) is 11.4 Å². The lowest BCUT2D eigenvalue weighted by molar-refractivity contribution is -0.140. The van der Waals surface area contributed by atoms with Gasteiger partial charge in [0.2, 0.25) is 0 Å². The van der Waals surface area contributed by atoms with Crippen molar-refractivity contribution in [2.24, 2.45) is 0 Å². The second kappa shape index (κ2) is 12.2. The summed E-state index contributed by atoms with van der Waals surface area (Å²) in [5.74, 6) is 0.135. The maximum Gasteiger partial charge on any atom is 0.351 e. The molecule has 0 aliphatic carbocycles. The quantitative estimate of drug-likeness (QED) is 0.262. The van der Waals surface area contributed by atoms with Crippen LogP contribution in [0.15, 0.2) is 22.7 Å². The van der Waals surface area contributed by atoms with Crippen molar-refractivity contribution in [1.82, 2.24) is 15.5 Å². The second-order valence-corrected chi connectivity index (χ2v) is 6.51. The summed E-state index contributed by atoms with van der Waals surface area (Å²) < 4.78 is 15.5. The number of morpholine rings is 1. The fraction of sp³-hybridized carbons (Fsp3) is 0.556. The third kappa shape index (κ3) is 6.67. The van der Waals surface area contributed by atoms with Crippen molar-refractivity contribution in [1.29, 1.82) is 5.26 Å². The molecule has 2 heterocycles. The maximum absolute atomic E-state index is 12.1. The lowest BCUT2D eigenvalue weighted by Crippen LogP contribution is -2.36. The van der Waals surface area contributed by atoms with Gasteiger partial charge in [0, 0.05) is 19.7 Å². The van der Waals surface area contributed by atoms with Crippen molar-refractivity contribution in [2.75, 3.05) is 57.3 Å². The zero-order valence-electron chi connectivity index (χ0n) is 16.1. The molecule has 10 heteroatoms. The van der Waals surface area contributed by atoms with Crippen molar-refractivity contribution in [3.05, 3.63) is 28.4 Å². The predicted molar refractivity (Wildman–Crippen MR) is 106 cm³/mol. The Bertz CT molecular complexity index is 699. The Kier molecular flexibility index (Phi) is 9.54. The number of nitrogens with zero attached hydrogens (tertiary/aromatic N) is 4. The summed E-state index contributed by atoms with van der Waals surface area (Å²) in [6.45, 7) is 6.10. The highest BCUT2D eigenvalue weighted by atomic mass is 32.2. The number of anilines is 1. The van der Waals surface area contributed by atoms with Gasteiger partial charge >= 0.3 is 5.97 Å². The molecule has 1 aliphatic rings. The highest BCUT2D eigenvalue weighted by molar-refractivity contribution is 8.02. The Morgan fingerprint density at radius 2 is 2.14 bits per heavy atom. The maximum atomic E-state index is 12.1. The van der Waals surface area contributed by atoms with Crippen molar-refractivity contribution in [3.63, 3.8) is 0 Å². The van der Waals surface area contributed by atoms with E-state index in [0.717, 1.165) is 18.9 Å². The zero-order chi connectivity index (χ0) is 20.2. The summed E-state index contributed by atoms with van der Waals surface area (Å²) >= 11 is 1.26. The van der Waals surface area contributed by atoms with E-state index in [-0.39, 0.29) is 12.2 Å². The summed E-state index contributed by atoms with van der Waals surface area (Å²) in [4.78, 5) is 14.2. The number of nitriles is 1. The number of nitrogens with one attached hydrogen (secondary N) is 1. The van der Waals surface area contributed by atoms with Crippen LogP contribution in [0.2, 0.25) is 0 Å². The number of thioether (sulfide) groups is 1. The van der Waals surface area contributed by atoms with Crippen LogP contribution in [-0.2, 0) is 25.5 Å². The minimum absolute atomic E-state index is 0.0677. The number of aromatic nitrogens is 2. The molecule has 1 aromatic rings. The normalized spacial score (nSPS) is 14.8. The minimum atomic E-state index is -0.673. The Morgan fingerprint density at radius 3 is 2.75 bits per heavy atom. The number of carbonyl (C=O) groups excluding carboxylic acids is 1. The summed E-state index contributed by atoms with van der Waals surface area (Å²) in [5, 5.41) is 21.3. The highest BCUT2D eigenvalue weighted by Gasteiger charge is 2.17. The summed E-state index contributed by atoms with van der Waals surface area (Å²) in [6, 6.07) is 5.69. The topological polar surface area (TPSA) is 110 Å². The number of esters is 1. The van der Waals surface area contributed by atoms with E-state index in [0.29, 0.717) is 43.7 Å². The lowest BCUT2D eigenvalue weighted by atomic mass is 10.3. The molecule has 0 unspecified atom stereocenters. The van der Waals surface area contributed by atoms with Gasteiger partial charge in [0.05, 0.1) is 37.1 Å². The molecule has 9 nitrogen and oxygen atoms in total. The van der Waals surface area contributed by atoms with Gasteiger partial charge in [-0.2, -0.15) is 10.4 Å². The smallest absolute Gasteiger partial charge is 0.351 e. The molecule has 2 rings (SSSR count). The first-order valence-corrected chi connectivity index (χ1v) is 10.2. The summed E-state index contributed by atoms with van der Waals surface area (Å²) in [6.07, 6.45) is 1.78. The van der Waals surface area contributed by atoms with Gasteiger partial charge in [-0.05, 0) is 25.3 Å². The number of rotatable bonds is 10. The molecule has 1 N–H and O–H groups in total. The fourth-order valence-electron chi connectivity index (χ4n) is 2.44. The average molecular weight is 407 g/mol. The van der Waals surface area contributed by atoms with Crippen LogP contribution in [0.25, 0.3) is 0 Å². The van der Waals surface area contributed by atoms with Gasteiger partial charge in [-0.3, -0.25) is 0 Å². The first kappa shape index (κ1) is 21.9. The Hall–Kier alpha value is -2.35. The minimum Gasteiger partial charge on any atom is -0.459 e. The molecule has 0 spiro atoms. The van der Waals surface area contributed by atoms with E-state index in [2.05, 4.69) is 20.4 Å². The average Bonchev–Trinajstić information content (AvgIpc) is 2.75. The Labute approximate surface area is 169 Å². The van der Waals surface area contributed by atoms with E-state index in [1.54, 1.807) is 6.26 Å². The van der Waals surface area contributed by atoms with E-state index >= 15 is 0 Å². The molecule has 1 saturated heterocycles. The first-order valence-electron chi connectivity index (χ1n) is 9.02. The van der Waals surface area contributed by atoms with Crippen LogP contribution in [0.1, 0.15) is 12.6 Å². The molecule has 0 atom stereocenters. The molecule has 0 saturated carbocycles. The van der Waals surface area contributed by atoms with E-state index in [1.807, 2.05) is 25.1 Å². The third-order valence-electron chi connectivity index (χ3n) is 3.88. The third-order valence-corrected chi connectivity index (χ3v) is 4.64. The van der Waals surface area contributed by atoms with E-state index in [1.165, 1.54) is 11.8 Å². The molecule has 1 aromatic heterocycles. The van der Waals surface area contributed by atoms with Crippen LogP contribution in [-0.4, -0.2) is 68.5 Å². The van der Waals surface area contributed by atoms with Gasteiger partial charge in [0.25, 0.3) is 0 Å². The number of carbonyl (C=O) groups is 1. The molecular formula is C18H25N5O4S. The Balaban J connectivity index is 1.94. The summed E-state index contributed by atoms with van der Waals surface area (Å²) in [7, 11) is 0. The van der Waals surface area contributed by atoms with Gasteiger partial charge in [-0.25, -0.2) is 4.79 Å². The molecule has 0 bridgehead atoms. The van der Waals surface area contributed by atoms with Gasteiger partial charge in [-0.1, -0.05) is 0 Å². The predicted octanol–water partition coefficient (Wildman–Crippen LogP) is 1.08. The van der Waals surface area contributed by atoms with E-state index in [4.69, 9.17) is 14.2 Å². The SMILES string of the molecule is CCOCCOC(=O)/C(C#N)=C(\NCc1ccc(N2CCOCC2)nn1)SC. The van der Waals surface area contributed by atoms with Crippen LogP contribution >= 0.6 is 11.8 Å². The fourth-order valence-corrected chi connectivity index (χ4v) is 2.99. The van der Waals surface area contributed by atoms with Gasteiger partial charge < -0.3 is 24.4 Å². The zero-order valence-corrected chi connectivity index (χ0v) is 17.0. The molecule has 152 valence electrons. The number of ether oxygens (including phenoxy) is 3. The van der Waals surface area contributed by atoms with Crippen molar-refractivity contribution < 1.29 is 19.0 Å². The second-order valence-electron chi connectivity index (χ2n) is 5.69.